The second kappa shape index (κ2) is 5.56. The van der Waals surface area contributed by atoms with Gasteiger partial charge in [-0.25, -0.2) is 4.98 Å². The first-order chi connectivity index (χ1) is 9.88. The van der Waals surface area contributed by atoms with Gasteiger partial charge in [0.2, 0.25) is 0 Å². The molecule has 0 bridgehead atoms. The maximum Gasteiger partial charge on any atom is 0.124 e. The van der Waals surface area contributed by atoms with E-state index in [0.717, 1.165) is 18.4 Å². The Bertz CT molecular complexity index is 563. The summed E-state index contributed by atoms with van der Waals surface area (Å²) >= 11 is 3.51. The Morgan fingerprint density at radius 3 is 3.15 bits per heavy atom. The van der Waals surface area contributed by atoms with Crippen LogP contribution in [0.1, 0.15) is 12.1 Å². The number of thiophene rings is 1. The van der Waals surface area contributed by atoms with E-state index < -0.39 is 0 Å². The predicted molar refractivity (Wildman–Crippen MR) is 85.2 cm³/mol. The lowest BCUT2D eigenvalue weighted by Gasteiger charge is -2.33. The van der Waals surface area contributed by atoms with E-state index in [1.807, 2.05) is 0 Å². The van der Waals surface area contributed by atoms with Crippen LogP contribution >= 0.6 is 22.7 Å². The van der Waals surface area contributed by atoms with E-state index in [1.165, 1.54) is 48.9 Å². The second-order valence-corrected chi connectivity index (χ2v) is 7.50. The molecule has 4 rings (SSSR count). The van der Waals surface area contributed by atoms with Crippen molar-refractivity contribution in [1.29, 1.82) is 0 Å². The third-order valence-corrected chi connectivity index (χ3v) is 6.12. The molecule has 0 aromatic carbocycles. The number of piperidine rings is 1. The van der Waals surface area contributed by atoms with Crippen molar-refractivity contribution in [2.24, 2.45) is 11.8 Å². The van der Waals surface area contributed by atoms with Gasteiger partial charge in [0.05, 0.1) is 5.69 Å². The number of hydrogen-bond donors (Lipinski definition) is 1. The predicted octanol–water partition coefficient (Wildman–Crippen LogP) is 2.91. The Morgan fingerprint density at radius 1 is 1.30 bits per heavy atom. The average Bonchev–Trinajstić information content (AvgIpc) is 3.19. The van der Waals surface area contributed by atoms with E-state index in [-0.39, 0.29) is 0 Å². The van der Waals surface area contributed by atoms with Crippen molar-refractivity contribution in [1.82, 2.24) is 15.2 Å². The van der Waals surface area contributed by atoms with Gasteiger partial charge in [0.25, 0.3) is 0 Å². The largest absolute Gasteiger partial charge is 0.316 e. The molecule has 5 heteroatoms. The summed E-state index contributed by atoms with van der Waals surface area (Å²) < 4.78 is 0. The van der Waals surface area contributed by atoms with Gasteiger partial charge in [0.1, 0.15) is 5.01 Å². The van der Waals surface area contributed by atoms with Crippen LogP contribution in [0, 0.1) is 11.8 Å². The molecule has 0 amide bonds. The number of hydrogen-bond acceptors (Lipinski definition) is 5. The maximum absolute atomic E-state index is 4.80. The van der Waals surface area contributed by atoms with Crippen molar-refractivity contribution < 1.29 is 0 Å². The number of rotatable bonds is 3. The van der Waals surface area contributed by atoms with Crippen LogP contribution in [0.5, 0.6) is 0 Å². The molecule has 2 unspecified atom stereocenters. The van der Waals surface area contributed by atoms with Gasteiger partial charge >= 0.3 is 0 Å². The minimum Gasteiger partial charge on any atom is -0.316 e. The summed E-state index contributed by atoms with van der Waals surface area (Å²) in [6.45, 7) is 5.93. The van der Waals surface area contributed by atoms with E-state index >= 15 is 0 Å². The van der Waals surface area contributed by atoms with Gasteiger partial charge in [0, 0.05) is 29.4 Å². The first-order valence-corrected chi connectivity index (χ1v) is 9.11. The molecule has 1 N–H and O–H groups in total. The Labute approximate surface area is 127 Å². The molecule has 0 saturated carbocycles. The van der Waals surface area contributed by atoms with Crippen LogP contribution in [0.3, 0.4) is 0 Å². The number of nitrogens with one attached hydrogen (secondary N) is 1. The molecular formula is C15H19N3S2. The lowest BCUT2D eigenvalue weighted by molar-refractivity contribution is 0.141. The molecule has 2 aromatic heterocycles. The number of likely N-dealkylation sites (tertiary alicyclic amines) is 1. The fourth-order valence-electron chi connectivity index (χ4n) is 3.38. The lowest BCUT2D eigenvalue weighted by Crippen LogP contribution is -2.39. The highest BCUT2D eigenvalue weighted by atomic mass is 32.1. The second-order valence-electron chi connectivity index (χ2n) is 5.86. The standard InChI is InChI=1S/C15H19N3S2/c1-3-18(7-13-6-16-5-11(1)13)8-14-10-20-15(17-14)12-2-4-19-9-12/h2,4,9-11,13,16H,1,3,5-8H2. The molecule has 2 aliphatic rings. The average molecular weight is 305 g/mol. The van der Waals surface area contributed by atoms with Gasteiger partial charge in [-0.1, -0.05) is 0 Å². The van der Waals surface area contributed by atoms with Gasteiger partial charge in [-0.05, 0) is 49.3 Å². The van der Waals surface area contributed by atoms with Gasteiger partial charge in [-0.2, -0.15) is 11.3 Å². The van der Waals surface area contributed by atoms with Crippen molar-refractivity contribution in [3.63, 3.8) is 0 Å². The van der Waals surface area contributed by atoms with Crippen LogP contribution in [0.4, 0.5) is 0 Å². The highest BCUT2D eigenvalue weighted by Crippen LogP contribution is 2.29. The smallest absolute Gasteiger partial charge is 0.124 e. The fourth-order valence-corrected chi connectivity index (χ4v) is 4.90. The zero-order valence-electron chi connectivity index (χ0n) is 11.4. The summed E-state index contributed by atoms with van der Waals surface area (Å²) in [5.41, 5.74) is 2.51. The molecule has 2 aliphatic heterocycles. The lowest BCUT2D eigenvalue weighted by atomic mass is 9.89. The number of nitrogens with zero attached hydrogens (tertiary/aromatic N) is 2. The third-order valence-electron chi connectivity index (χ3n) is 4.49. The van der Waals surface area contributed by atoms with Crippen molar-refractivity contribution in [2.75, 3.05) is 26.2 Å². The third kappa shape index (κ3) is 2.55. The van der Waals surface area contributed by atoms with E-state index in [0.29, 0.717) is 0 Å². The van der Waals surface area contributed by atoms with Gasteiger partial charge in [0.15, 0.2) is 0 Å². The molecule has 20 heavy (non-hydrogen) atoms. The molecule has 3 nitrogen and oxygen atoms in total. The summed E-state index contributed by atoms with van der Waals surface area (Å²) in [6, 6.07) is 2.16. The topological polar surface area (TPSA) is 28.2 Å². The minimum atomic E-state index is 0.860. The molecule has 2 aromatic rings. The zero-order chi connectivity index (χ0) is 13.4. The normalized spacial score (nSPS) is 26.8. The summed E-state index contributed by atoms with van der Waals surface area (Å²) in [5, 5.41) is 11.2. The quantitative estimate of drug-likeness (QED) is 0.945. The van der Waals surface area contributed by atoms with Crippen LogP contribution in [0.15, 0.2) is 22.2 Å². The number of aromatic nitrogens is 1. The molecule has 4 heterocycles. The van der Waals surface area contributed by atoms with Crippen molar-refractivity contribution >= 4 is 22.7 Å². The van der Waals surface area contributed by atoms with Crippen molar-refractivity contribution in [3.05, 3.63) is 27.9 Å². The van der Waals surface area contributed by atoms with Crippen LogP contribution < -0.4 is 5.32 Å². The molecule has 2 saturated heterocycles. The Hall–Kier alpha value is -0.750. The molecule has 2 fully saturated rings. The maximum atomic E-state index is 4.80. The first-order valence-electron chi connectivity index (χ1n) is 7.28. The molecule has 106 valence electrons. The fraction of sp³-hybridized carbons (Fsp3) is 0.533. The van der Waals surface area contributed by atoms with Crippen LogP contribution in [0.2, 0.25) is 0 Å². The summed E-state index contributed by atoms with van der Waals surface area (Å²) in [5.74, 6) is 1.78. The molecule has 0 aliphatic carbocycles. The van der Waals surface area contributed by atoms with Gasteiger partial charge in [-0.3, -0.25) is 4.90 Å². The van der Waals surface area contributed by atoms with Crippen LogP contribution in [-0.2, 0) is 6.54 Å². The van der Waals surface area contributed by atoms with Crippen LogP contribution in [0.25, 0.3) is 10.6 Å². The highest BCUT2D eigenvalue weighted by molar-refractivity contribution is 7.14. The molecular weight excluding hydrogens is 286 g/mol. The van der Waals surface area contributed by atoms with E-state index in [1.54, 1.807) is 22.7 Å². The van der Waals surface area contributed by atoms with Gasteiger partial charge < -0.3 is 5.32 Å². The number of fused-ring (bicyclic) bond motifs is 1. The zero-order valence-corrected chi connectivity index (χ0v) is 13.1. The monoisotopic (exact) mass is 305 g/mol. The highest BCUT2D eigenvalue weighted by Gasteiger charge is 2.32. The SMILES string of the molecule is c1cc(-c2nc(CN3CCC4CNCC4C3)cs2)cs1. The van der Waals surface area contributed by atoms with Crippen molar-refractivity contribution in [3.8, 4) is 10.6 Å². The van der Waals surface area contributed by atoms with E-state index in [9.17, 15) is 0 Å². The number of thiazole rings is 1. The summed E-state index contributed by atoms with van der Waals surface area (Å²) in [6.07, 6.45) is 1.35. The van der Waals surface area contributed by atoms with Gasteiger partial charge in [-0.15, -0.1) is 11.3 Å². The van der Waals surface area contributed by atoms with Crippen molar-refractivity contribution in [2.45, 2.75) is 13.0 Å². The summed E-state index contributed by atoms with van der Waals surface area (Å²) in [7, 11) is 0. The van der Waals surface area contributed by atoms with Crippen LogP contribution in [-0.4, -0.2) is 36.1 Å². The minimum absolute atomic E-state index is 0.860. The Balaban J connectivity index is 1.42. The summed E-state index contributed by atoms with van der Waals surface area (Å²) in [4.78, 5) is 7.38. The van der Waals surface area contributed by atoms with E-state index in [4.69, 9.17) is 4.98 Å². The first kappa shape index (κ1) is 13.0. The molecule has 0 spiro atoms. The van der Waals surface area contributed by atoms with E-state index in [2.05, 4.69) is 32.4 Å². The Kier molecular flexibility index (Phi) is 3.60. The molecule has 0 radical (unpaired) electrons. The Morgan fingerprint density at radius 2 is 2.25 bits per heavy atom. The molecule has 2 atom stereocenters.